The van der Waals surface area contributed by atoms with Crippen LogP contribution in [0.5, 0.6) is 5.88 Å². The van der Waals surface area contributed by atoms with Gasteiger partial charge in [-0.3, -0.25) is 0 Å². The molecule has 3 rings (SSSR count). The first-order valence-corrected chi connectivity index (χ1v) is 11.7. The molecule has 1 aromatic heterocycles. The Morgan fingerprint density at radius 2 is 1.83 bits per heavy atom. The van der Waals surface area contributed by atoms with Gasteiger partial charge in [-0.1, -0.05) is 36.7 Å². The van der Waals surface area contributed by atoms with Crippen molar-refractivity contribution in [1.82, 2.24) is 9.29 Å². The van der Waals surface area contributed by atoms with E-state index in [1.165, 1.54) is 9.87 Å². The van der Waals surface area contributed by atoms with Gasteiger partial charge in [-0.2, -0.15) is 4.31 Å². The predicted octanol–water partition coefficient (Wildman–Crippen LogP) is 3.79. The third kappa shape index (κ3) is 5.79. The van der Waals surface area contributed by atoms with E-state index in [2.05, 4.69) is 17.1 Å². The number of sulfonamides is 1. The minimum atomic E-state index is -3.48. The van der Waals surface area contributed by atoms with Crippen LogP contribution in [0.25, 0.3) is 0 Å². The second-order valence-electron chi connectivity index (χ2n) is 7.25. The Balaban J connectivity index is 1.53. The second kappa shape index (κ2) is 10.5. The van der Waals surface area contributed by atoms with Crippen molar-refractivity contribution in [2.24, 2.45) is 5.16 Å². The van der Waals surface area contributed by atoms with Crippen molar-refractivity contribution in [3.63, 3.8) is 0 Å². The van der Waals surface area contributed by atoms with Gasteiger partial charge in [-0.15, -0.1) is 0 Å². The fourth-order valence-electron chi connectivity index (χ4n) is 3.28. The van der Waals surface area contributed by atoms with E-state index in [-0.39, 0.29) is 6.61 Å². The number of oxime groups is 1. The molecule has 0 saturated carbocycles. The molecule has 0 aliphatic carbocycles. The molecular formula is C22H29N3O4S. The quantitative estimate of drug-likeness (QED) is 0.564. The SMILES string of the molecule is CCCCc1ccc(S(=O)(=O)N2CCC(=NOCc3cccc(OC)n3)CC2)cc1. The number of hydrogen-bond acceptors (Lipinski definition) is 6. The van der Waals surface area contributed by atoms with Crippen molar-refractivity contribution in [3.05, 3.63) is 53.7 Å². The summed E-state index contributed by atoms with van der Waals surface area (Å²) in [4.78, 5) is 10.0. The molecule has 0 unspecified atom stereocenters. The van der Waals surface area contributed by atoms with Gasteiger partial charge in [0.15, 0.2) is 6.61 Å². The van der Waals surface area contributed by atoms with E-state index < -0.39 is 10.0 Å². The van der Waals surface area contributed by atoms with E-state index in [4.69, 9.17) is 9.57 Å². The number of ether oxygens (including phenoxy) is 1. The van der Waals surface area contributed by atoms with Crippen LogP contribution in [0.4, 0.5) is 0 Å². The standard InChI is InChI=1S/C22H29N3O4S/c1-3-4-6-18-9-11-21(12-10-18)30(26,27)25-15-13-19(14-16-25)24-29-17-20-7-5-8-22(23-20)28-2/h5,7-12H,3-4,6,13-17H2,1-2H3. The number of unbranched alkanes of at least 4 members (excludes halogenated alkanes) is 1. The molecule has 0 bridgehead atoms. The van der Waals surface area contributed by atoms with Gasteiger partial charge in [0.25, 0.3) is 0 Å². The van der Waals surface area contributed by atoms with E-state index in [9.17, 15) is 8.42 Å². The van der Waals surface area contributed by atoms with E-state index in [0.29, 0.717) is 36.7 Å². The summed E-state index contributed by atoms with van der Waals surface area (Å²) in [7, 11) is -1.91. The molecule has 0 spiro atoms. The van der Waals surface area contributed by atoms with Gasteiger partial charge < -0.3 is 9.57 Å². The van der Waals surface area contributed by atoms with Gasteiger partial charge in [0.05, 0.1) is 23.4 Å². The van der Waals surface area contributed by atoms with Crippen molar-refractivity contribution in [2.75, 3.05) is 20.2 Å². The van der Waals surface area contributed by atoms with E-state index in [0.717, 1.165) is 30.7 Å². The molecule has 1 aliphatic rings. The summed E-state index contributed by atoms with van der Waals surface area (Å²) >= 11 is 0. The van der Waals surface area contributed by atoms with Crippen molar-refractivity contribution >= 4 is 15.7 Å². The van der Waals surface area contributed by atoms with Gasteiger partial charge in [0.1, 0.15) is 0 Å². The number of hydrogen-bond donors (Lipinski definition) is 0. The van der Waals surface area contributed by atoms with Crippen LogP contribution in [0.3, 0.4) is 0 Å². The maximum atomic E-state index is 12.9. The van der Waals surface area contributed by atoms with E-state index >= 15 is 0 Å². The molecule has 0 amide bonds. The number of piperidine rings is 1. The molecule has 2 aromatic rings. The molecule has 7 nitrogen and oxygen atoms in total. The monoisotopic (exact) mass is 431 g/mol. The highest BCUT2D eigenvalue weighted by Crippen LogP contribution is 2.21. The lowest BCUT2D eigenvalue weighted by Crippen LogP contribution is -2.38. The third-order valence-corrected chi connectivity index (χ3v) is 6.99. The molecule has 0 radical (unpaired) electrons. The molecule has 1 fully saturated rings. The Hall–Kier alpha value is -2.45. The molecule has 2 heterocycles. The van der Waals surface area contributed by atoms with Crippen molar-refractivity contribution < 1.29 is 18.0 Å². The van der Waals surface area contributed by atoms with Crippen molar-refractivity contribution in [2.45, 2.75) is 50.5 Å². The van der Waals surface area contributed by atoms with Crippen LogP contribution in [-0.2, 0) is 27.9 Å². The van der Waals surface area contributed by atoms with Crippen LogP contribution in [0.2, 0.25) is 0 Å². The lowest BCUT2D eigenvalue weighted by Gasteiger charge is -2.26. The maximum absolute atomic E-state index is 12.9. The first-order chi connectivity index (χ1) is 14.5. The van der Waals surface area contributed by atoms with Crippen LogP contribution in [0.15, 0.2) is 52.5 Å². The molecule has 1 aromatic carbocycles. The Morgan fingerprint density at radius 1 is 1.10 bits per heavy atom. The zero-order valence-corrected chi connectivity index (χ0v) is 18.4. The first kappa shape index (κ1) is 22.2. The summed E-state index contributed by atoms with van der Waals surface area (Å²) in [5.41, 5.74) is 2.76. The Morgan fingerprint density at radius 3 is 2.50 bits per heavy atom. The van der Waals surface area contributed by atoms with Gasteiger partial charge in [-0.25, -0.2) is 13.4 Å². The van der Waals surface area contributed by atoms with Crippen LogP contribution < -0.4 is 4.74 Å². The number of aromatic nitrogens is 1. The number of rotatable bonds is 9. The molecule has 0 atom stereocenters. The zero-order chi connectivity index (χ0) is 21.4. The zero-order valence-electron chi connectivity index (χ0n) is 17.6. The highest BCUT2D eigenvalue weighted by atomic mass is 32.2. The molecule has 1 aliphatic heterocycles. The molecule has 30 heavy (non-hydrogen) atoms. The number of aryl methyl sites for hydroxylation is 1. The largest absolute Gasteiger partial charge is 0.481 e. The van der Waals surface area contributed by atoms with Crippen LogP contribution in [0, 0.1) is 0 Å². The lowest BCUT2D eigenvalue weighted by atomic mass is 10.1. The Bertz CT molecular complexity index is 949. The summed E-state index contributed by atoms with van der Waals surface area (Å²) < 4.78 is 32.4. The fraction of sp³-hybridized carbons (Fsp3) is 0.455. The smallest absolute Gasteiger partial charge is 0.243 e. The Kier molecular flexibility index (Phi) is 7.81. The normalized spacial score (nSPS) is 15.1. The third-order valence-electron chi connectivity index (χ3n) is 5.08. The van der Waals surface area contributed by atoms with Crippen LogP contribution >= 0.6 is 0 Å². The minimum Gasteiger partial charge on any atom is -0.481 e. The van der Waals surface area contributed by atoms with Crippen LogP contribution in [0.1, 0.15) is 43.9 Å². The lowest BCUT2D eigenvalue weighted by molar-refractivity contribution is 0.125. The summed E-state index contributed by atoms with van der Waals surface area (Å²) in [5.74, 6) is 0.528. The maximum Gasteiger partial charge on any atom is 0.243 e. The summed E-state index contributed by atoms with van der Waals surface area (Å²) in [6.45, 7) is 3.19. The average Bonchev–Trinajstić information content (AvgIpc) is 2.78. The molecular weight excluding hydrogens is 402 g/mol. The van der Waals surface area contributed by atoms with Gasteiger partial charge >= 0.3 is 0 Å². The van der Waals surface area contributed by atoms with Crippen LogP contribution in [-0.4, -0.2) is 43.6 Å². The molecule has 1 saturated heterocycles. The number of nitrogens with zero attached hydrogens (tertiary/aromatic N) is 3. The predicted molar refractivity (Wildman–Crippen MR) is 116 cm³/mol. The van der Waals surface area contributed by atoms with Gasteiger partial charge in [0, 0.05) is 32.0 Å². The summed E-state index contributed by atoms with van der Waals surface area (Å²) in [5, 5.41) is 4.18. The minimum absolute atomic E-state index is 0.243. The van der Waals surface area contributed by atoms with E-state index in [1.807, 2.05) is 24.3 Å². The highest BCUT2D eigenvalue weighted by molar-refractivity contribution is 7.89. The molecule has 162 valence electrons. The fourth-order valence-corrected chi connectivity index (χ4v) is 4.72. The molecule has 0 N–H and O–H groups in total. The first-order valence-electron chi connectivity index (χ1n) is 10.3. The summed E-state index contributed by atoms with van der Waals surface area (Å²) in [6, 6.07) is 12.7. The average molecular weight is 432 g/mol. The highest BCUT2D eigenvalue weighted by Gasteiger charge is 2.28. The van der Waals surface area contributed by atoms with Crippen molar-refractivity contribution in [3.8, 4) is 5.88 Å². The van der Waals surface area contributed by atoms with Crippen molar-refractivity contribution in [1.29, 1.82) is 0 Å². The number of methoxy groups -OCH3 is 1. The number of benzene rings is 1. The number of pyridine rings is 1. The van der Waals surface area contributed by atoms with E-state index in [1.54, 1.807) is 25.3 Å². The van der Waals surface area contributed by atoms with Gasteiger partial charge in [0.2, 0.25) is 15.9 Å². The molecule has 8 heteroatoms. The Labute approximate surface area is 178 Å². The summed E-state index contributed by atoms with van der Waals surface area (Å²) in [6.07, 6.45) is 4.32. The second-order valence-corrected chi connectivity index (χ2v) is 9.19. The topological polar surface area (TPSA) is 81.1 Å². The van der Waals surface area contributed by atoms with Gasteiger partial charge in [-0.05, 0) is 36.6 Å².